The van der Waals surface area contributed by atoms with E-state index in [2.05, 4.69) is 29.8 Å². The Labute approximate surface area is 248 Å². The Balaban J connectivity index is 0.00000588. The second kappa shape index (κ2) is 15.5. The van der Waals surface area contributed by atoms with E-state index < -0.39 is 47.6 Å². The standard InChI is InChI=1S/C30H44N4O6.ClH/c1-19(2)15-31-16-24(36)17-32-27(37)25(13-20-10-11-21-8-6-7-9-22(21)12-20)33-28(38)26-14-23(35)18-34(26)29(39)30(3,4)40-5;/h6-12,19,23-26,31,35-36H,13-18H2,1-5H3,(H,32,37)(H,33,38);1H/t23-,24?,25-,26?;/m1./s1. The molecule has 0 aromatic heterocycles. The molecule has 1 heterocycles. The molecule has 2 unspecified atom stereocenters. The van der Waals surface area contributed by atoms with Crippen molar-refractivity contribution < 1.29 is 29.3 Å². The fraction of sp³-hybridized carbons (Fsp3) is 0.567. The third-order valence-corrected chi connectivity index (χ3v) is 7.20. The van der Waals surface area contributed by atoms with Gasteiger partial charge >= 0.3 is 0 Å². The van der Waals surface area contributed by atoms with Crippen LogP contribution in [0.3, 0.4) is 0 Å². The molecule has 2 aromatic carbocycles. The van der Waals surface area contributed by atoms with Gasteiger partial charge in [0.25, 0.3) is 5.91 Å². The van der Waals surface area contributed by atoms with Gasteiger partial charge in [-0.25, -0.2) is 0 Å². The molecule has 3 amide bonds. The Bertz CT molecular complexity index is 1180. The first-order valence-electron chi connectivity index (χ1n) is 13.9. The third kappa shape index (κ3) is 9.65. The van der Waals surface area contributed by atoms with Gasteiger partial charge in [-0.05, 0) is 42.6 Å². The van der Waals surface area contributed by atoms with Gasteiger partial charge in [0.15, 0.2) is 0 Å². The fourth-order valence-electron chi connectivity index (χ4n) is 4.75. The molecule has 0 spiro atoms. The van der Waals surface area contributed by atoms with Crippen LogP contribution in [0.15, 0.2) is 42.5 Å². The number of aliphatic hydroxyl groups is 2. The number of halogens is 1. The summed E-state index contributed by atoms with van der Waals surface area (Å²) in [6.07, 6.45) is -1.40. The van der Waals surface area contributed by atoms with Crippen LogP contribution in [0.1, 0.15) is 39.7 Å². The van der Waals surface area contributed by atoms with Gasteiger partial charge in [0.05, 0.1) is 12.2 Å². The van der Waals surface area contributed by atoms with Crippen molar-refractivity contribution >= 4 is 40.9 Å². The molecule has 3 rings (SSSR count). The van der Waals surface area contributed by atoms with Gasteiger partial charge in [-0.1, -0.05) is 56.3 Å². The van der Waals surface area contributed by atoms with Crippen molar-refractivity contribution in [1.29, 1.82) is 0 Å². The number of aliphatic hydroxyl groups excluding tert-OH is 2. The molecular weight excluding hydrogens is 548 g/mol. The zero-order valence-corrected chi connectivity index (χ0v) is 25.4. The summed E-state index contributed by atoms with van der Waals surface area (Å²) in [5, 5.41) is 31.4. The highest BCUT2D eigenvalue weighted by molar-refractivity contribution is 5.94. The number of nitrogens with zero attached hydrogens (tertiary/aromatic N) is 1. The average Bonchev–Trinajstić information content (AvgIpc) is 3.32. The number of fused-ring (bicyclic) bond motifs is 1. The molecule has 228 valence electrons. The van der Waals surface area contributed by atoms with Crippen LogP contribution in [0.2, 0.25) is 0 Å². The molecule has 1 aliphatic heterocycles. The number of benzene rings is 2. The van der Waals surface area contributed by atoms with Crippen LogP contribution in [0.25, 0.3) is 10.8 Å². The van der Waals surface area contributed by atoms with Crippen molar-refractivity contribution in [3.8, 4) is 0 Å². The SMILES string of the molecule is COC(C)(C)C(=O)N1C[C@H](O)CC1C(=O)N[C@H](Cc1ccc2ccccc2c1)C(=O)NCC(O)CNCC(C)C.Cl. The third-order valence-electron chi connectivity index (χ3n) is 7.20. The van der Waals surface area contributed by atoms with E-state index in [1.807, 2.05) is 42.5 Å². The Morgan fingerprint density at radius 1 is 1.07 bits per heavy atom. The van der Waals surface area contributed by atoms with E-state index in [0.717, 1.165) is 22.9 Å². The molecule has 1 fully saturated rings. The summed E-state index contributed by atoms with van der Waals surface area (Å²) in [5.41, 5.74) is -0.331. The first-order valence-corrected chi connectivity index (χ1v) is 13.9. The lowest BCUT2D eigenvalue weighted by atomic mass is 10.0. The number of amides is 3. The van der Waals surface area contributed by atoms with E-state index in [-0.39, 0.29) is 38.3 Å². The van der Waals surface area contributed by atoms with Crippen LogP contribution in [-0.4, -0.2) is 96.0 Å². The Kier molecular flexibility index (Phi) is 13.0. The van der Waals surface area contributed by atoms with Crippen LogP contribution >= 0.6 is 12.4 Å². The first kappa shape index (κ1) is 34.4. The Morgan fingerprint density at radius 3 is 2.41 bits per heavy atom. The molecule has 0 saturated carbocycles. The van der Waals surface area contributed by atoms with Gasteiger partial charge in [-0.15, -0.1) is 12.4 Å². The fourth-order valence-corrected chi connectivity index (χ4v) is 4.75. The minimum atomic E-state index is -1.18. The summed E-state index contributed by atoms with van der Waals surface area (Å²) in [5.74, 6) is -0.965. The maximum absolute atomic E-state index is 13.5. The number of carbonyl (C=O) groups is 3. The highest BCUT2D eigenvalue weighted by Gasteiger charge is 2.44. The van der Waals surface area contributed by atoms with Crippen molar-refractivity contribution in [2.45, 2.75) is 70.4 Å². The lowest BCUT2D eigenvalue weighted by Crippen LogP contribution is -2.57. The minimum absolute atomic E-state index is 0. The minimum Gasteiger partial charge on any atom is -0.391 e. The molecule has 0 bridgehead atoms. The smallest absolute Gasteiger partial charge is 0.254 e. The number of β-amino-alcohol motifs (C(OH)–C–C–N with tert-alkyl or cyclic N) is 1. The normalized spacial score (nSPS) is 18.6. The van der Waals surface area contributed by atoms with Crippen LogP contribution in [-0.2, 0) is 25.5 Å². The predicted octanol–water partition coefficient (Wildman–Crippen LogP) is 1.40. The van der Waals surface area contributed by atoms with Crippen molar-refractivity contribution in [3.63, 3.8) is 0 Å². The van der Waals surface area contributed by atoms with Crippen molar-refractivity contribution in [1.82, 2.24) is 20.9 Å². The maximum atomic E-state index is 13.5. The molecule has 2 aromatic rings. The van der Waals surface area contributed by atoms with E-state index in [9.17, 15) is 24.6 Å². The molecule has 5 N–H and O–H groups in total. The van der Waals surface area contributed by atoms with Gasteiger partial charge in [-0.2, -0.15) is 0 Å². The average molecular weight is 593 g/mol. The second-order valence-corrected chi connectivity index (χ2v) is 11.5. The summed E-state index contributed by atoms with van der Waals surface area (Å²) in [6.45, 7) is 8.42. The molecule has 1 aliphatic rings. The predicted molar refractivity (Wildman–Crippen MR) is 161 cm³/mol. The summed E-state index contributed by atoms with van der Waals surface area (Å²) >= 11 is 0. The summed E-state index contributed by atoms with van der Waals surface area (Å²) in [7, 11) is 1.41. The van der Waals surface area contributed by atoms with Crippen molar-refractivity contribution in [2.24, 2.45) is 5.92 Å². The number of rotatable bonds is 13. The Hall–Kier alpha value is -2.76. The summed E-state index contributed by atoms with van der Waals surface area (Å²) in [6, 6.07) is 11.8. The number of nitrogens with one attached hydrogen (secondary N) is 3. The lowest BCUT2D eigenvalue weighted by Gasteiger charge is -2.32. The van der Waals surface area contributed by atoms with Gasteiger partial charge in [0.2, 0.25) is 11.8 Å². The van der Waals surface area contributed by atoms with Crippen LogP contribution in [0, 0.1) is 5.92 Å². The van der Waals surface area contributed by atoms with E-state index in [0.29, 0.717) is 12.5 Å². The number of hydrogen-bond acceptors (Lipinski definition) is 7. The van der Waals surface area contributed by atoms with Crippen molar-refractivity contribution in [2.75, 3.05) is 33.3 Å². The van der Waals surface area contributed by atoms with Crippen LogP contribution < -0.4 is 16.0 Å². The molecule has 41 heavy (non-hydrogen) atoms. The molecule has 1 saturated heterocycles. The van der Waals surface area contributed by atoms with Crippen LogP contribution in [0.5, 0.6) is 0 Å². The zero-order chi connectivity index (χ0) is 29.4. The second-order valence-electron chi connectivity index (χ2n) is 11.5. The summed E-state index contributed by atoms with van der Waals surface area (Å²) in [4.78, 5) is 41.2. The van der Waals surface area contributed by atoms with E-state index in [4.69, 9.17) is 4.74 Å². The summed E-state index contributed by atoms with van der Waals surface area (Å²) < 4.78 is 5.31. The van der Waals surface area contributed by atoms with Gasteiger partial charge in [0, 0.05) is 39.6 Å². The number of hydrogen-bond donors (Lipinski definition) is 5. The van der Waals surface area contributed by atoms with Gasteiger partial charge in [-0.3, -0.25) is 14.4 Å². The topological polar surface area (TPSA) is 140 Å². The number of likely N-dealkylation sites (tertiary alicyclic amines) is 1. The monoisotopic (exact) mass is 592 g/mol. The van der Waals surface area contributed by atoms with E-state index in [1.54, 1.807) is 13.8 Å². The molecule has 10 nitrogen and oxygen atoms in total. The molecule has 0 radical (unpaired) electrons. The van der Waals surface area contributed by atoms with Crippen molar-refractivity contribution in [3.05, 3.63) is 48.0 Å². The number of ether oxygens (including phenoxy) is 1. The Morgan fingerprint density at radius 2 is 1.76 bits per heavy atom. The van der Waals surface area contributed by atoms with E-state index in [1.165, 1.54) is 12.0 Å². The number of carbonyl (C=O) groups excluding carboxylic acids is 3. The zero-order valence-electron chi connectivity index (χ0n) is 24.6. The highest BCUT2D eigenvalue weighted by Crippen LogP contribution is 2.24. The molecular formula is C30H45ClN4O6. The highest BCUT2D eigenvalue weighted by atomic mass is 35.5. The quantitative estimate of drug-likeness (QED) is 0.237. The van der Waals surface area contributed by atoms with Gasteiger partial charge < -0.3 is 35.8 Å². The first-order chi connectivity index (χ1) is 18.9. The molecule has 11 heteroatoms. The number of methoxy groups -OCH3 is 1. The van der Waals surface area contributed by atoms with E-state index >= 15 is 0 Å². The molecule has 4 atom stereocenters. The van der Waals surface area contributed by atoms with Crippen LogP contribution in [0.4, 0.5) is 0 Å². The lowest BCUT2D eigenvalue weighted by molar-refractivity contribution is -0.154. The molecule has 0 aliphatic carbocycles. The van der Waals surface area contributed by atoms with Gasteiger partial charge in [0.1, 0.15) is 17.7 Å². The maximum Gasteiger partial charge on any atom is 0.254 e. The largest absolute Gasteiger partial charge is 0.391 e.